The molecule has 0 aromatic heterocycles. The number of carbonyl (C=O) groups is 3. The van der Waals surface area contributed by atoms with Crippen LogP contribution in [0.25, 0.3) is 0 Å². The molecule has 0 fully saturated rings. The van der Waals surface area contributed by atoms with Gasteiger partial charge in [-0.3, -0.25) is 9.59 Å². The monoisotopic (exact) mass is 813 g/mol. The molecule has 0 aliphatic heterocycles. The van der Waals surface area contributed by atoms with Crippen LogP contribution in [0.1, 0.15) is 174 Å². The van der Waals surface area contributed by atoms with Gasteiger partial charge in [0.05, 0.1) is 34.4 Å². The molecule has 0 aliphatic carbocycles. The molecule has 8 nitrogen and oxygen atoms in total. The molecule has 0 saturated heterocycles. The normalized spacial score (nSPS) is 13.6. The van der Waals surface area contributed by atoms with E-state index < -0.39 is 18.1 Å². The maximum atomic E-state index is 12.7. The molecular formula is C50H86NO7+. The number of nitrogens with zero attached hydrogens (tertiary/aromatic N) is 1. The van der Waals surface area contributed by atoms with Gasteiger partial charge < -0.3 is 23.8 Å². The van der Waals surface area contributed by atoms with Crippen LogP contribution in [0.2, 0.25) is 0 Å². The third-order valence-electron chi connectivity index (χ3n) is 9.87. The molecule has 58 heavy (non-hydrogen) atoms. The van der Waals surface area contributed by atoms with E-state index in [4.69, 9.17) is 14.2 Å². The number of unbranched alkanes of at least 4 members (excludes halogenated alkanes) is 15. The standard InChI is InChI=1S/C50H85NO7/c1-6-8-10-12-14-16-18-19-20-21-22-23-24-25-26-27-28-29-31-33-35-37-39-41-49(53)58-46(44-56-43-42-47(50(54)55)51(3,4)5)45-57-48(52)40-38-36-34-32-30-17-15-13-11-9-7-2/h8,10,13-17,19-20,22-23,30,46-47H,6-7,9,11-12,18,21,24-29,31-45H2,1-5H3/p+1/b10-8+,15-13+,16-14+,20-19+,23-22+,30-17+. The molecule has 0 amide bonds. The molecule has 0 aromatic rings. The quantitative estimate of drug-likeness (QED) is 0.0216. The largest absolute Gasteiger partial charge is 0.477 e. The van der Waals surface area contributed by atoms with Gasteiger partial charge in [0.25, 0.3) is 0 Å². The molecule has 8 heteroatoms. The molecule has 0 radical (unpaired) electrons. The average Bonchev–Trinajstić information content (AvgIpc) is 3.18. The fraction of sp³-hybridized carbons (Fsp3) is 0.700. The third kappa shape index (κ3) is 38.3. The maximum absolute atomic E-state index is 12.7. The lowest BCUT2D eigenvalue weighted by Gasteiger charge is -2.31. The summed E-state index contributed by atoms with van der Waals surface area (Å²) in [5.41, 5.74) is 0. The molecule has 0 saturated carbocycles. The van der Waals surface area contributed by atoms with Crippen molar-refractivity contribution < 1.29 is 38.2 Å². The number of hydrogen-bond donors (Lipinski definition) is 1. The van der Waals surface area contributed by atoms with Crippen molar-refractivity contribution in [3.63, 3.8) is 0 Å². The minimum atomic E-state index is -0.882. The van der Waals surface area contributed by atoms with E-state index >= 15 is 0 Å². The molecule has 1 N–H and O–H groups in total. The summed E-state index contributed by atoms with van der Waals surface area (Å²) < 4.78 is 17.2. The Hall–Kier alpha value is -3.23. The van der Waals surface area contributed by atoms with E-state index in [9.17, 15) is 19.5 Å². The van der Waals surface area contributed by atoms with Gasteiger partial charge in [-0.1, -0.05) is 157 Å². The van der Waals surface area contributed by atoms with Gasteiger partial charge in [0.1, 0.15) is 6.61 Å². The van der Waals surface area contributed by atoms with Crippen molar-refractivity contribution in [2.24, 2.45) is 0 Å². The van der Waals surface area contributed by atoms with Crippen LogP contribution < -0.4 is 0 Å². The van der Waals surface area contributed by atoms with E-state index in [1.807, 2.05) is 21.1 Å². The number of rotatable bonds is 40. The Labute approximate surface area is 355 Å². The van der Waals surface area contributed by atoms with Crippen molar-refractivity contribution >= 4 is 17.9 Å². The molecule has 0 bridgehead atoms. The van der Waals surface area contributed by atoms with Gasteiger partial charge in [-0.15, -0.1) is 0 Å². The van der Waals surface area contributed by atoms with Crippen molar-refractivity contribution in [3.8, 4) is 0 Å². The number of aliphatic carboxylic acids is 1. The van der Waals surface area contributed by atoms with Gasteiger partial charge in [-0.05, 0) is 70.6 Å². The van der Waals surface area contributed by atoms with Crippen LogP contribution in [0.5, 0.6) is 0 Å². The first-order valence-corrected chi connectivity index (χ1v) is 23.0. The van der Waals surface area contributed by atoms with Crippen molar-refractivity contribution in [1.29, 1.82) is 0 Å². The van der Waals surface area contributed by atoms with Gasteiger partial charge in [0.2, 0.25) is 0 Å². The zero-order valence-electron chi connectivity index (χ0n) is 37.7. The third-order valence-corrected chi connectivity index (χ3v) is 9.87. The Bertz CT molecular complexity index is 1180. The first kappa shape index (κ1) is 54.8. The fourth-order valence-electron chi connectivity index (χ4n) is 6.29. The van der Waals surface area contributed by atoms with Gasteiger partial charge >= 0.3 is 17.9 Å². The Balaban J connectivity index is 4.28. The zero-order chi connectivity index (χ0) is 42.8. The number of quaternary nitrogens is 1. The second-order valence-electron chi connectivity index (χ2n) is 16.3. The predicted molar refractivity (Wildman–Crippen MR) is 243 cm³/mol. The summed E-state index contributed by atoms with van der Waals surface area (Å²) in [5.74, 6) is -1.52. The number of carboxylic acids is 1. The molecule has 0 spiro atoms. The maximum Gasteiger partial charge on any atom is 0.362 e. The number of ether oxygens (including phenoxy) is 3. The summed E-state index contributed by atoms with van der Waals surface area (Å²) in [4.78, 5) is 37.0. The number of likely N-dealkylation sites (N-methyl/N-ethyl adjacent to an activating group) is 1. The molecule has 0 rings (SSSR count). The lowest BCUT2D eigenvalue weighted by molar-refractivity contribution is -0.887. The molecule has 332 valence electrons. The zero-order valence-corrected chi connectivity index (χ0v) is 37.7. The molecule has 2 atom stereocenters. The van der Waals surface area contributed by atoms with Crippen molar-refractivity contribution in [2.75, 3.05) is 41.0 Å². The smallest absolute Gasteiger partial charge is 0.362 e. The number of carbonyl (C=O) groups excluding carboxylic acids is 2. The fourth-order valence-corrected chi connectivity index (χ4v) is 6.29. The second kappa shape index (κ2) is 40.5. The van der Waals surface area contributed by atoms with Crippen LogP contribution in [0.15, 0.2) is 72.9 Å². The molecule has 2 unspecified atom stereocenters. The lowest BCUT2D eigenvalue weighted by Crippen LogP contribution is -2.50. The number of carboxylic acid groups (broad SMARTS) is 1. The lowest BCUT2D eigenvalue weighted by atomic mass is 10.0. The van der Waals surface area contributed by atoms with Crippen LogP contribution in [0.3, 0.4) is 0 Å². The topological polar surface area (TPSA) is 99.1 Å². The highest BCUT2D eigenvalue weighted by molar-refractivity contribution is 5.72. The van der Waals surface area contributed by atoms with E-state index in [1.54, 1.807) is 0 Å². The first-order chi connectivity index (χ1) is 28.1. The average molecular weight is 813 g/mol. The van der Waals surface area contributed by atoms with E-state index in [0.29, 0.717) is 19.3 Å². The molecule has 0 aliphatic rings. The summed E-state index contributed by atoms with van der Waals surface area (Å²) >= 11 is 0. The van der Waals surface area contributed by atoms with Gasteiger partial charge in [-0.2, -0.15) is 0 Å². The van der Waals surface area contributed by atoms with Gasteiger partial charge in [0.15, 0.2) is 12.1 Å². The highest BCUT2D eigenvalue weighted by atomic mass is 16.6. The minimum Gasteiger partial charge on any atom is -0.477 e. The summed E-state index contributed by atoms with van der Waals surface area (Å²) in [6.07, 6.45) is 51.0. The highest BCUT2D eigenvalue weighted by Gasteiger charge is 2.31. The van der Waals surface area contributed by atoms with Gasteiger partial charge in [0, 0.05) is 19.3 Å². The van der Waals surface area contributed by atoms with E-state index in [0.717, 1.165) is 77.0 Å². The first-order valence-electron chi connectivity index (χ1n) is 23.0. The SMILES string of the molecule is CC/C=C/C/C=C/C/C=C/C/C=C/CCCCCCCCCCCCC(=O)OC(COCCC(C(=O)O)[N+](C)(C)C)COC(=O)CCCCC/C=C/C=C/CCCC. The second-order valence-corrected chi connectivity index (χ2v) is 16.3. The Kier molecular flexibility index (Phi) is 38.3. The van der Waals surface area contributed by atoms with E-state index in [-0.39, 0.29) is 36.2 Å². The summed E-state index contributed by atoms with van der Waals surface area (Å²) in [6.45, 7) is 4.53. The Morgan fingerprint density at radius 3 is 1.55 bits per heavy atom. The molecule has 0 heterocycles. The summed E-state index contributed by atoms with van der Waals surface area (Å²) in [7, 11) is 5.51. The van der Waals surface area contributed by atoms with E-state index in [1.165, 1.54) is 64.2 Å². The highest BCUT2D eigenvalue weighted by Crippen LogP contribution is 2.14. The predicted octanol–water partition coefficient (Wildman–Crippen LogP) is 12.7. The van der Waals surface area contributed by atoms with Crippen LogP contribution in [0.4, 0.5) is 0 Å². The molecular weight excluding hydrogens is 727 g/mol. The summed E-state index contributed by atoms with van der Waals surface area (Å²) in [5, 5.41) is 9.62. The van der Waals surface area contributed by atoms with Crippen molar-refractivity contribution in [2.45, 2.75) is 187 Å². The Morgan fingerprint density at radius 1 is 0.552 bits per heavy atom. The summed E-state index contributed by atoms with van der Waals surface area (Å²) in [6, 6.07) is -0.622. The van der Waals surface area contributed by atoms with Crippen molar-refractivity contribution in [3.05, 3.63) is 72.9 Å². The van der Waals surface area contributed by atoms with Crippen LogP contribution in [-0.2, 0) is 28.6 Å². The van der Waals surface area contributed by atoms with Gasteiger partial charge in [-0.25, -0.2) is 4.79 Å². The number of esters is 2. The number of hydrogen-bond acceptors (Lipinski definition) is 6. The van der Waals surface area contributed by atoms with Crippen LogP contribution >= 0.6 is 0 Å². The van der Waals surface area contributed by atoms with Crippen LogP contribution in [-0.4, -0.2) is 80.6 Å². The van der Waals surface area contributed by atoms with Crippen LogP contribution in [0, 0.1) is 0 Å². The minimum absolute atomic E-state index is 0.0478. The van der Waals surface area contributed by atoms with E-state index in [2.05, 4.69) is 86.8 Å². The Morgan fingerprint density at radius 2 is 1.02 bits per heavy atom. The number of allylic oxidation sites excluding steroid dienone is 12. The molecule has 0 aromatic carbocycles. The van der Waals surface area contributed by atoms with Crippen molar-refractivity contribution in [1.82, 2.24) is 0 Å².